The fourth-order valence-corrected chi connectivity index (χ4v) is 2.86. The van der Waals surface area contributed by atoms with Gasteiger partial charge in [-0.25, -0.2) is 4.39 Å². The molecule has 0 amide bonds. The summed E-state index contributed by atoms with van der Waals surface area (Å²) in [6, 6.07) is 9.97. The summed E-state index contributed by atoms with van der Waals surface area (Å²) < 4.78 is 14.7. The van der Waals surface area contributed by atoms with E-state index in [2.05, 4.69) is 15.9 Å². The van der Waals surface area contributed by atoms with Gasteiger partial charge in [0.15, 0.2) is 0 Å². The third-order valence-electron chi connectivity index (χ3n) is 2.83. The molecule has 0 bridgehead atoms. The Morgan fingerprint density at radius 2 is 1.89 bits per heavy atom. The Hall–Kier alpha value is -0.610. The maximum Gasteiger partial charge on any atom is 0.145 e. The van der Waals surface area contributed by atoms with E-state index in [1.807, 2.05) is 12.1 Å². The van der Waals surface area contributed by atoms with Crippen LogP contribution < -0.4 is 5.73 Å². The van der Waals surface area contributed by atoms with Crippen LogP contribution in [-0.2, 0) is 6.42 Å². The molecule has 0 aromatic heterocycles. The van der Waals surface area contributed by atoms with Crippen molar-refractivity contribution < 1.29 is 4.39 Å². The summed E-state index contributed by atoms with van der Waals surface area (Å²) in [6.45, 7) is 0. The van der Waals surface area contributed by atoms with E-state index in [-0.39, 0.29) is 11.1 Å². The Morgan fingerprint density at radius 1 is 1.16 bits per heavy atom. The van der Waals surface area contributed by atoms with Crippen LogP contribution in [0.2, 0.25) is 10.0 Å². The molecule has 19 heavy (non-hydrogen) atoms. The van der Waals surface area contributed by atoms with Gasteiger partial charge < -0.3 is 5.73 Å². The van der Waals surface area contributed by atoms with Crippen molar-refractivity contribution in [3.05, 3.63) is 67.9 Å². The van der Waals surface area contributed by atoms with E-state index in [1.54, 1.807) is 18.2 Å². The van der Waals surface area contributed by atoms with Crippen molar-refractivity contribution in [1.29, 1.82) is 0 Å². The van der Waals surface area contributed by atoms with Gasteiger partial charge in [-0.15, -0.1) is 0 Å². The van der Waals surface area contributed by atoms with Crippen LogP contribution in [-0.4, -0.2) is 0 Å². The maximum atomic E-state index is 13.8. The lowest BCUT2D eigenvalue weighted by molar-refractivity contribution is 0.594. The van der Waals surface area contributed by atoms with E-state index in [9.17, 15) is 4.39 Å². The van der Waals surface area contributed by atoms with Gasteiger partial charge in [0.25, 0.3) is 0 Å². The van der Waals surface area contributed by atoms with Gasteiger partial charge in [0.2, 0.25) is 0 Å². The summed E-state index contributed by atoms with van der Waals surface area (Å²) in [5, 5.41) is 0.663. The van der Waals surface area contributed by atoms with Crippen LogP contribution in [0.3, 0.4) is 0 Å². The molecule has 0 fully saturated rings. The first-order chi connectivity index (χ1) is 8.99. The summed E-state index contributed by atoms with van der Waals surface area (Å²) in [5.74, 6) is -0.423. The topological polar surface area (TPSA) is 26.0 Å². The molecule has 0 saturated carbocycles. The minimum atomic E-state index is -0.423. The zero-order chi connectivity index (χ0) is 14.0. The highest BCUT2D eigenvalue weighted by Crippen LogP contribution is 2.28. The van der Waals surface area contributed by atoms with Gasteiger partial charge in [-0.1, -0.05) is 57.3 Å². The second-order valence-electron chi connectivity index (χ2n) is 4.19. The van der Waals surface area contributed by atoms with Gasteiger partial charge in [-0.3, -0.25) is 0 Å². The summed E-state index contributed by atoms with van der Waals surface area (Å²) >= 11 is 15.2. The molecule has 2 aromatic rings. The van der Waals surface area contributed by atoms with Gasteiger partial charge in [0.1, 0.15) is 5.82 Å². The molecule has 5 heteroatoms. The number of benzene rings is 2. The smallest absolute Gasteiger partial charge is 0.145 e. The highest BCUT2D eigenvalue weighted by Gasteiger charge is 2.14. The monoisotopic (exact) mass is 361 g/mol. The number of hydrogen-bond acceptors (Lipinski definition) is 1. The SMILES string of the molecule is NC(Cc1cccc(Cl)c1F)c1ccc(Br)cc1Cl. The Balaban J connectivity index is 2.25. The maximum absolute atomic E-state index is 13.8. The molecule has 2 rings (SSSR count). The zero-order valence-corrected chi connectivity index (χ0v) is 12.9. The molecule has 2 aromatic carbocycles. The number of hydrogen-bond donors (Lipinski definition) is 1. The van der Waals surface area contributed by atoms with E-state index < -0.39 is 5.82 Å². The highest BCUT2D eigenvalue weighted by atomic mass is 79.9. The average Bonchev–Trinajstić information content (AvgIpc) is 2.34. The first kappa shape index (κ1) is 14.8. The fourth-order valence-electron chi connectivity index (χ4n) is 1.86. The van der Waals surface area contributed by atoms with Gasteiger partial charge >= 0.3 is 0 Å². The number of halogens is 4. The van der Waals surface area contributed by atoms with Gasteiger partial charge in [0, 0.05) is 15.5 Å². The van der Waals surface area contributed by atoms with Crippen LogP contribution in [0, 0.1) is 5.82 Å². The normalized spacial score (nSPS) is 12.5. The highest BCUT2D eigenvalue weighted by molar-refractivity contribution is 9.10. The van der Waals surface area contributed by atoms with E-state index in [0.29, 0.717) is 17.0 Å². The zero-order valence-electron chi connectivity index (χ0n) is 9.84. The van der Waals surface area contributed by atoms with E-state index >= 15 is 0 Å². The molecule has 0 aliphatic rings. The second kappa shape index (κ2) is 6.23. The largest absolute Gasteiger partial charge is 0.324 e. The van der Waals surface area contributed by atoms with Crippen LogP contribution in [0.4, 0.5) is 4.39 Å². The molecule has 1 unspecified atom stereocenters. The van der Waals surface area contributed by atoms with Gasteiger partial charge in [-0.05, 0) is 35.7 Å². The van der Waals surface area contributed by atoms with Crippen molar-refractivity contribution in [1.82, 2.24) is 0 Å². The Morgan fingerprint density at radius 3 is 2.58 bits per heavy atom. The molecular weight excluding hydrogens is 352 g/mol. The molecule has 0 heterocycles. The van der Waals surface area contributed by atoms with Crippen molar-refractivity contribution in [3.8, 4) is 0 Å². The number of rotatable bonds is 3. The molecule has 1 nitrogen and oxygen atoms in total. The quantitative estimate of drug-likeness (QED) is 0.803. The molecule has 0 saturated heterocycles. The van der Waals surface area contributed by atoms with Crippen molar-refractivity contribution in [2.45, 2.75) is 12.5 Å². The minimum Gasteiger partial charge on any atom is -0.324 e. The van der Waals surface area contributed by atoms with E-state index in [1.165, 1.54) is 6.07 Å². The van der Waals surface area contributed by atoms with Crippen molar-refractivity contribution >= 4 is 39.1 Å². The van der Waals surface area contributed by atoms with Gasteiger partial charge in [-0.2, -0.15) is 0 Å². The third kappa shape index (κ3) is 3.48. The van der Waals surface area contributed by atoms with Crippen LogP contribution in [0.1, 0.15) is 17.2 Å². The first-order valence-corrected chi connectivity index (χ1v) is 7.17. The molecule has 1 atom stereocenters. The predicted molar refractivity (Wildman–Crippen MR) is 81.2 cm³/mol. The summed E-state index contributed by atoms with van der Waals surface area (Å²) in [6.07, 6.45) is 0.341. The Labute approximate surface area is 129 Å². The lowest BCUT2D eigenvalue weighted by Crippen LogP contribution is -2.14. The van der Waals surface area contributed by atoms with Crippen molar-refractivity contribution in [3.63, 3.8) is 0 Å². The Bertz CT molecular complexity index is 604. The van der Waals surface area contributed by atoms with Crippen LogP contribution in [0.25, 0.3) is 0 Å². The summed E-state index contributed by atoms with van der Waals surface area (Å²) in [7, 11) is 0. The molecule has 0 spiro atoms. The lowest BCUT2D eigenvalue weighted by Gasteiger charge is -2.15. The van der Waals surface area contributed by atoms with Crippen molar-refractivity contribution in [2.24, 2.45) is 5.73 Å². The molecule has 100 valence electrons. The van der Waals surface area contributed by atoms with Crippen LogP contribution >= 0.6 is 39.1 Å². The molecule has 0 aliphatic carbocycles. The number of nitrogens with two attached hydrogens (primary N) is 1. The lowest BCUT2D eigenvalue weighted by atomic mass is 9.99. The summed E-state index contributed by atoms with van der Waals surface area (Å²) in [4.78, 5) is 0. The molecule has 0 aliphatic heterocycles. The third-order valence-corrected chi connectivity index (χ3v) is 3.95. The van der Waals surface area contributed by atoms with Crippen LogP contribution in [0.5, 0.6) is 0 Å². The fraction of sp³-hybridized carbons (Fsp3) is 0.143. The van der Waals surface area contributed by atoms with Crippen LogP contribution in [0.15, 0.2) is 40.9 Å². The van der Waals surface area contributed by atoms with E-state index in [4.69, 9.17) is 28.9 Å². The first-order valence-electron chi connectivity index (χ1n) is 5.62. The summed E-state index contributed by atoms with van der Waals surface area (Å²) in [5.41, 5.74) is 7.35. The molecular formula is C14H11BrCl2FN. The van der Waals surface area contributed by atoms with Crippen molar-refractivity contribution in [2.75, 3.05) is 0 Å². The molecule has 2 N–H and O–H groups in total. The van der Waals surface area contributed by atoms with Gasteiger partial charge in [0.05, 0.1) is 5.02 Å². The van der Waals surface area contributed by atoms with E-state index in [0.717, 1.165) is 10.0 Å². The minimum absolute atomic E-state index is 0.103. The standard InChI is InChI=1S/C14H11BrCl2FN/c15-9-4-5-10(12(17)7-9)13(19)6-8-2-1-3-11(16)14(8)18/h1-5,7,13H,6,19H2. The second-order valence-corrected chi connectivity index (χ2v) is 5.92. The predicted octanol–water partition coefficient (Wildman–Crippen LogP) is 5.14. The Kier molecular flexibility index (Phi) is 4.85. The molecule has 0 radical (unpaired) electrons. The average molecular weight is 363 g/mol.